The topological polar surface area (TPSA) is 71.1 Å². The first kappa shape index (κ1) is 20.3. The van der Waals surface area contributed by atoms with Crippen molar-refractivity contribution in [2.45, 2.75) is 40.5 Å². The molecule has 0 fully saturated rings. The van der Waals surface area contributed by atoms with Crippen LogP contribution >= 0.6 is 0 Å². The number of hydrogen-bond acceptors (Lipinski definition) is 6. The molecule has 0 bridgehead atoms. The van der Waals surface area contributed by atoms with Crippen LogP contribution < -0.4 is 0 Å². The van der Waals surface area contributed by atoms with E-state index in [0.29, 0.717) is 26.1 Å². The van der Waals surface area contributed by atoms with Crippen LogP contribution in [0, 0.1) is 10.8 Å². The molecule has 0 aromatic heterocycles. The maximum absolute atomic E-state index is 11.5. The van der Waals surface area contributed by atoms with E-state index in [-0.39, 0.29) is 11.9 Å². The Bertz CT molecular complexity index is 348. The highest BCUT2D eigenvalue weighted by Gasteiger charge is 2.29. The van der Waals surface area contributed by atoms with Gasteiger partial charge in [0.25, 0.3) is 0 Å². The molecule has 0 aliphatic rings. The first-order chi connectivity index (χ1) is 10.2. The van der Waals surface area contributed by atoms with Gasteiger partial charge in [-0.15, -0.1) is 0 Å². The van der Waals surface area contributed by atoms with Crippen molar-refractivity contribution < 1.29 is 28.5 Å². The lowest BCUT2D eigenvalue weighted by atomic mass is 9.90. The first-order valence-electron chi connectivity index (χ1n) is 7.22. The van der Waals surface area contributed by atoms with Gasteiger partial charge in [-0.1, -0.05) is 0 Å². The zero-order valence-electron chi connectivity index (χ0n) is 14.4. The third kappa shape index (κ3) is 7.33. The average Bonchev–Trinajstić information content (AvgIpc) is 2.47. The Morgan fingerprint density at radius 3 is 1.36 bits per heavy atom. The molecule has 0 amide bonds. The second kappa shape index (κ2) is 9.33. The van der Waals surface area contributed by atoms with E-state index in [1.54, 1.807) is 27.7 Å². The molecule has 0 aromatic rings. The van der Waals surface area contributed by atoms with Gasteiger partial charge in [0.05, 0.1) is 38.3 Å². The second-order valence-corrected chi connectivity index (χ2v) is 6.26. The molecule has 0 saturated heterocycles. The minimum absolute atomic E-state index is 0.263. The Labute approximate surface area is 132 Å². The number of ether oxygens (including phenoxy) is 4. The van der Waals surface area contributed by atoms with Gasteiger partial charge in [0.2, 0.25) is 0 Å². The lowest BCUT2D eigenvalue weighted by Gasteiger charge is -2.21. The van der Waals surface area contributed by atoms with Gasteiger partial charge in [0, 0.05) is 0 Å². The summed E-state index contributed by atoms with van der Waals surface area (Å²) in [4.78, 5) is 22.9. The molecule has 0 aliphatic heterocycles. The fraction of sp³-hybridized carbons (Fsp3) is 0.750. The maximum atomic E-state index is 11.5. The normalized spacial score (nSPS) is 12.1. The van der Waals surface area contributed by atoms with Crippen LogP contribution in [0.4, 0.5) is 0 Å². The molecule has 6 heteroatoms. The summed E-state index contributed by atoms with van der Waals surface area (Å²) in [6, 6.07) is 0. The van der Waals surface area contributed by atoms with Crippen molar-refractivity contribution in [1.29, 1.82) is 0 Å². The third-order valence-electron chi connectivity index (χ3n) is 3.41. The Morgan fingerprint density at radius 2 is 1.09 bits per heavy atom. The molecule has 0 radical (unpaired) electrons. The van der Waals surface area contributed by atoms with Gasteiger partial charge in [-0.05, 0) is 40.5 Å². The van der Waals surface area contributed by atoms with Gasteiger partial charge >= 0.3 is 11.9 Å². The highest BCUT2D eigenvalue weighted by atomic mass is 16.5. The highest BCUT2D eigenvalue weighted by Crippen LogP contribution is 2.22. The van der Waals surface area contributed by atoms with Crippen LogP contribution in [0.2, 0.25) is 0 Å². The Hall–Kier alpha value is -1.72. The van der Waals surface area contributed by atoms with Gasteiger partial charge in [-0.25, -0.2) is 0 Å². The molecule has 0 spiro atoms. The standard InChI is InChI=1S/C16H28O6/c1-15(2,13(17)19-5)7-9-21-11-12-22-10-8-16(3,4)14(18)20-6/h11-12H,7-10H2,1-6H3. The smallest absolute Gasteiger partial charge is 0.311 e. The van der Waals surface area contributed by atoms with Crippen molar-refractivity contribution in [1.82, 2.24) is 0 Å². The molecule has 0 N–H and O–H groups in total. The van der Waals surface area contributed by atoms with Crippen molar-refractivity contribution in [2.24, 2.45) is 10.8 Å². The van der Waals surface area contributed by atoms with Crippen molar-refractivity contribution >= 4 is 11.9 Å². The van der Waals surface area contributed by atoms with Crippen molar-refractivity contribution in [3.8, 4) is 0 Å². The van der Waals surface area contributed by atoms with Crippen LogP contribution in [-0.4, -0.2) is 39.4 Å². The molecule has 0 aromatic carbocycles. The summed E-state index contributed by atoms with van der Waals surface area (Å²) in [5.74, 6) is -0.525. The number of carbonyl (C=O) groups excluding carboxylic acids is 2. The van der Waals surface area contributed by atoms with Gasteiger partial charge < -0.3 is 18.9 Å². The monoisotopic (exact) mass is 316 g/mol. The summed E-state index contributed by atoms with van der Waals surface area (Å²) in [6.07, 6.45) is 3.94. The van der Waals surface area contributed by atoms with E-state index in [4.69, 9.17) is 18.9 Å². The molecule has 0 aliphatic carbocycles. The number of methoxy groups -OCH3 is 2. The molecular weight excluding hydrogens is 288 g/mol. The molecule has 6 nitrogen and oxygen atoms in total. The van der Waals surface area contributed by atoms with Crippen LogP contribution in [0.3, 0.4) is 0 Å². The van der Waals surface area contributed by atoms with Crippen LogP contribution in [0.15, 0.2) is 12.5 Å². The average molecular weight is 316 g/mol. The van der Waals surface area contributed by atoms with E-state index in [2.05, 4.69) is 0 Å². The largest absolute Gasteiger partial charge is 0.498 e. The summed E-state index contributed by atoms with van der Waals surface area (Å²) >= 11 is 0. The number of rotatable bonds is 10. The first-order valence-corrected chi connectivity index (χ1v) is 7.22. The number of hydrogen-bond donors (Lipinski definition) is 0. The zero-order chi connectivity index (χ0) is 17.2. The van der Waals surface area contributed by atoms with Crippen molar-refractivity contribution in [3.05, 3.63) is 12.5 Å². The van der Waals surface area contributed by atoms with E-state index in [1.165, 1.54) is 26.7 Å². The number of esters is 2. The predicted octanol–water partition coefficient (Wildman–Crippen LogP) is 2.67. The summed E-state index contributed by atoms with van der Waals surface area (Å²) in [5, 5.41) is 0. The van der Waals surface area contributed by atoms with Gasteiger partial charge in [0.15, 0.2) is 0 Å². The van der Waals surface area contributed by atoms with Crippen LogP contribution in [0.1, 0.15) is 40.5 Å². The van der Waals surface area contributed by atoms with Crippen LogP contribution in [0.5, 0.6) is 0 Å². The quantitative estimate of drug-likeness (QED) is 0.350. The predicted molar refractivity (Wildman–Crippen MR) is 81.9 cm³/mol. The zero-order valence-corrected chi connectivity index (χ0v) is 14.4. The summed E-state index contributed by atoms with van der Waals surface area (Å²) in [6.45, 7) is 7.98. The molecule has 22 heavy (non-hydrogen) atoms. The van der Waals surface area contributed by atoms with E-state index in [1.807, 2.05) is 0 Å². The van der Waals surface area contributed by atoms with Gasteiger partial charge in [-0.2, -0.15) is 0 Å². The van der Waals surface area contributed by atoms with E-state index < -0.39 is 10.8 Å². The molecule has 0 heterocycles. The van der Waals surface area contributed by atoms with E-state index in [9.17, 15) is 9.59 Å². The van der Waals surface area contributed by atoms with Crippen molar-refractivity contribution in [2.75, 3.05) is 27.4 Å². The molecule has 0 atom stereocenters. The van der Waals surface area contributed by atoms with Gasteiger partial charge in [-0.3, -0.25) is 9.59 Å². The van der Waals surface area contributed by atoms with Crippen LogP contribution in [0.25, 0.3) is 0 Å². The second-order valence-electron chi connectivity index (χ2n) is 6.26. The minimum atomic E-state index is -0.575. The molecule has 0 unspecified atom stereocenters. The number of carbonyl (C=O) groups is 2. The molecule has 0 rings (SSSR count). The fourth-order valence-electron chi connectivity index (χ4n) is 1.60. The fourth-order valence-corrected chi connectivity index (χ4v) is 1.60. The lowest BCUT2D eigenvalue weighted by Crippen LogP contribution is -2.27. The van der Waals surface area contributed by atoms with Crippen molar-refractivity contribution in [3.63, 3.8) is 0 Å². The summed E-state index contributed by atoms with van der Waals surface area (Å²) < 4.78 is 19.9. The summed E-state index contributed by atoms with van der Waals surface area (Å²) in [7, 11) is 2.74. The third-order valence-corrected chi connectivity index (χ3v) is 3.41. The van der Waals surface area contributed by atoms with Gasteiger partial charge in [0.1, 0.15) is 12.5 Å². The Kier molecular flexibility index (Phi) is 8.60. The van der Waals surface area contributed by atoms with E-state index >= 15 is 0 Å². The minimum Gasteiger partial charge on any atom is -0.498 e. The molecular formula is C16H28O6. The molecule has 0 saturated carbocycles. The molecule has 128 valence electrons. The Morgan fingerprint density at radius 1 is 0.773 bits per heavy atom. The maximum Gasteiger partial charge on any atom is 0.311 e. The van der Waals surface area contributed by atoms with Crippen LogP contribution in [-0.2, 0) is 28.5 Å². The Balaban J connectivity index is 3.86. The summed E-state index contributed by atoms with van der Waals surface area (Å²) in [5.41, 5.74) is -1.15. The highest BCUT2D eigenvalue weighted by molar-refractivity contribution is 5.76. The SMILES string of the molecule is COC(=O)C(C)(C)CCOC=COCCC(C)(C)C(=O)OC. The van der Waals surface area contributed by atoms with E-state index in [0.717, 1.165) is 0 Å². The lowest BCUT2D eigenvalue weighted by molar-refractivity contribution is -0.152.